The van der Waals surface area contributed by atoms with Crippen LogP contribution in [0.2, 0.25) is 0 Å². The Morgan fingerprint density at radius 1 is 1.58 bits per heavy atom. The van der Waals surface area contributed by atoms with Gasteiger partial charge < -0.3 is 20.5 Å². The fraction of sp³-hybridized carbons (Fsp3) is 0.500. The molecule has 19 heavy (non-hydrogen) atoms. The van der Waals surface area contributed by atoms with E-state index in [1.807, 2.05) is 0 Å². The van der Waals surface area contributed by atoms with Crippen molar-refractivity contribution in [3.63, 3.8) is 0 Å². The number of hydrogen-bond donors (Lipinski definition) is 2. The van der Waals surface area contributed by atoms with E-state index in [9.17, 15) is 4.79 Å². The number of benzene rings is 1. The highest BCUT2D eigenvalue weighted by atomic mass is 16.5. The van der Waals surface area contributed by atoms with Gasteiger partial charge in [0, 0.05) is 19.7 Å². The number of anilines is 2. The molecule has 0 aromatic heterocycles. The van der Waals surface area contributed by atoms with Gasteiger partial charge in [-0.2, -0.15) is 0 Å². The quantitative estimate of drug-likeness (QED) is 0.816. The third-order valence-corrected chi connectivity index (χ3v) is 3.42. The molecule has 1 aliphatic heterocycles. The van der Waals surface area contributed by atoms with Crippen molar-refractivity contribution in [1.29, 1.82) is 0 Å². The Kier molecular flexibility index (Phi) is 4.27. The SMILES string of the molecule is CCC1CN(c2cc(C(=O)O)ccc2N)CCCO1. The Balaban J connectivity index is 2.28. The highest BCUT2D eigenvalue weighted by Gasteiger charge is 2.20. The lowest BCUT2D eigenvalue weighted by molar-refractivity contribution is 0.0664. The third-order valence-electron chi connectivity index (χ3n) is 3.42. The number of nitrogens with two attached hydrogens (primary N) is 1. The van der Waals surface area contributed by atoms with Gasteiger partial charge in [0.1, 0.15) is 0 Å². The molecule has 2 rings (SSSR count). The zero-order chi connectivity index (χ0) is 13.8. The maximum absolute atomic E-state index is 11.1. The lowest BCUT2D eigenvalue weighted by atomic mass is 10.1. The molecule has 1 saturated heterocycles. The maximum Gasteiger partial charge on any atom is 0.335 e. The van der Waals surface area contributed by atoms with Gasteiger partial charge in [0.2, 0.25) is 0 Å². The monoisotopic (exact) mass is 264 g/mol. The van der Waals surface area contributed by atoms with E-state index in [1.165, 1.54) is 6.07 Å². The van der Waals surface area contributed by atoms with Crippen molar-refractivity contribution in [3.8, 4) is 0 Å². The molecule has 1 atom stereocenters. The number of nitrogen functional groups attached to an aromatic ring is 1. The van der Waals surface area contributed by atoms with Crippen molar-refractivity contribution in [1.82, 2.24) is 0 Å². The first-order valence-electron chi connectivity index (χ1n) is 6.61. The fourth-order valence-electron chi connectivity index (χ4n) is 2.31. The van der Waals surface area contributed by atoms with Crippen molar-refractivity contribution >= 4 is 17.3 Å². The van der Waals surface area contributed by atoms with Crippen molar-refractivity contribution < 1.29 is 14.6 Å². The van der Waals surface area contributed by atoms with Crippen LogP contribution in [0.5, 0.6) is 0 Å². The molecule has 0 saturated carbocycles. The highest BCUT2D eigenvalue weighted by Crippen LogP contribution is 2.27. The smallest absolute Gasteiger partial charge is 0.335 e. The number of hydrogen-bond acceptors (Lipinski definition) is 4. The fourth-order valence-corrected chi connectivity index (χ4v) is 2.31. The molecule has 0 amide bonds. The number of ether oxygens (including phenoxy) is 1. The summed E-state index contributed by atoms with van der Waals surface area (Å²) >= 11 is 0. The summed E-state index contributed by atoms with van der Waals surface area (Å²) in [5.74, 6) is -0.931. The van der Waals surface area contributed by atoms with Crippen LogP contribution >= 0.6 is 0 Å². The van der Waals surface area contributed by atoms with Crippen LogP contribution < -0.4 is 10.6 Å². The van der Waals surface area contributed by atoms with Crippen molar-refractivity contribution in [2.24, 2.45) is 0 Å². The summed E-state index contributed by atoms with van der Waals surface area (Å²) < 4.78 is 5.72. The number of aromatic carboxylic acids is 1. The van der Waals surface area contributed by atoms with E-state index in [2.05, 4.69) is 11.8 Å². The predicted octanol–water partition coefficient (Wildman–Crippen LogP) is 1.97. The Hall–Kier alpha value is -1.75. The second-order valence-corrected chi connectivity index (χ2v) is 4.78. The number of rotatable bonds is 3. The van der Waals surface area contributed by atoms with Gasteiger partial charge in [0.25, 0.3) is 0 Å². The summed E-state index contributed by atoms with van der Waals surface area (Å²) in [6.45, 7) is 4.42. The Morgan fingerprint density at radius 3 is 3.05 bits per heavy atom. The van der Waals surface area contributed by atoms with E-state index in [4.69, 9.17) is 15.6 Å². The van der Waals surface area contributed by atoms with Gasteiger partial charge in [-0.15, -0.1) is 0 Å². The molecule has 0 radical (unpaired) electrons. The molecule has 104 valence electrons. The predicted molar refractivity (Wildman–Crippen MR) is 74.7 cm³/mol. The number of carboxylic acids is 1. The highest BCUT2D eigenvalue weighted by molar-refractivity contribution is 5.90. The van der Waals surface area contributed by atoms with E-state index in [0.29, 0.717) is 5.69 Å². The molecule has 3 N–H and O–H groups in total. The minimum Gasteiger partial charge on any atom is -0.478 e. The Labute approximate surface area is 113 Å². The summed E-state index contributed by atoms with van der Waals surface area (Å²) in [6, 6.07) is 4.84. The number of carboxylic acid groups (broad SMARTS) is 1. The van der Waals surface area contributed by atoms with Gasteiger partial charge in [0.15, 0.2) is 0 Å². The van der Waals surface area contributed by atoms with E-state index in [0.717, 1.165) is 38.2 Å². The second kappa shape index (κ2) is 5.93. The molecule has 1 fully saturated rings. The topological polar surface area (TPSA) is 75.8 Å². The van der Waals surface area contributed by atoms with Crippen LogP contribution in [-0.2, 0) is 4.74 Å². The Morgan fingerprint density at radius 2 is 2.37 bits per heavy atom. The summed E-state index contributed by atoms with van der Waals surface area (Å²) in [5.41, 5.74) is 7.66. The van der Waals surface area contributed by atoms with E-state index < -0.39 is 5.97 Å². The minimum atomic E-state index is -0.931. The van der Waals surface area contributed by atoms with Gasteiger partial charge in [0.05, 0.1) is 23.0 Å². The molecule has 1 aliphatic rings. The lowest BCUT2D eigenvalue weighted by Crippen LogP contribution is -2.32. The summed E-state index contributed by atoms with van der Waals surface area (Å²) in [4.78, 5) is 13.2. The van der Waals surface area contributed by atoms with Crippen LogP contribution in [0.1, 0.15) is 30.1 Å². The molecule has 0 aliphatic carbocycles. The normalized spacial score (nSPS) is 20.1. The molecule has 5 heteroatoms. The van der Waals surface area contributed by atoms with Crippen LogP contribution in [0, 0.1) is 0 Å². The summed E-state index contributed by atoms with van der Waals surface area (Å²) in [6.07, 6.45) is 2.04. The summed E-state index contributed by atoms with van der Waals surface area (Å²) in [5, 5.41) is 9.07. The molecule has 1 heterocycles. The van der Waals surface area contributed by atoms with E-state index >= 15 is 0 Å². The third kappa shape index (κ3) is 3.17. The van der Waals surface area contributed by atoms with Crippen LogP contribution in [-0.4, -0.2) is 36.9 Å². The molecular formula is C14H20N2O3. The van der Waals surface area contributed by atoms with Crippen molar-refractivity contribution in [3.05, 3.63) is 23.8 Å². The molecule has 0 bridgehead atoms. The summed E-state index contributed by atoms with van der Waals surface area (Å²) in [7, 11) is 0. The standard InChI is InChI=1S/C14H20N2O3/c1-2-11-9-16(6-3-7-19-11)13-8-10(14(17)18)4-5-12(13)15/h4-5,8,11H,2-3,6-7,9,15H2,1H3,(H,17,18). The average Bonchev–Trinajstić information content (AvgIpc) is 2.64. The van der Waals surface area contributed by atoms with Gasteiger partial charge in [-0.25, -0.2) is 4.79 Å². The van der Waals surface area contributed by atoms with Crippen LogP contribution in [0.4, 0.5) is 11.4 Å². The Bertz CT molecular complexity index is 462. The minimum absolute atomic E-state index is 0.176. The van der Waals surface area contributed by atoms with E-state index in [1.54, 1.807) is 12.1 Å². The zero-order valence-electron chi connectivity index (χ0n) is 11.1. The second-order valence-electron chi connectivity index (χ2n) is 4.78. The molecular weight excluding hydrogens is 244 g/mol. The van der Waals surface area contributed by atoms with Crippen LogP contribution in [0.25, 0.3) is 0 Å². The van der Waals surface area contributed by atoms with Crippen LogP contribution in [0.15, 0.2) is 18.2 Å². The molecule has 1 aromatic carbocycles. The van der Waals surface area contributed by atoms with Gasteiger partial charge in [-0.05, 0) is 31.0 Å². The van der Waals surface area contributed by atoms with E-state index in [-0.39, 0.29) is 11.7 Å². The first-order valence-corrected chi connectivity index (χ1v) is 6.61. The number of nitrogens with zero attached hydrogens (tertiary/aromatic N) is 1. The van der Waals surface area contributed by atoms with Gasteiger partial charge in [-0.1, -0.05) is 6.92 Å². The van der Waals surface area contributed by atoms with Gasteiger partial charge in [-0.3, -0.25) is 0 Å². The van der Waals surface area contributed by atoms with Crippen LogP contribution in [0.3, 0.4) is 0 Å². The van der Waals surface area contributed by atoms with Gasteiger partial charge >= 0.3 is 5.97 Å². The zero-order valence-corrected chi connectivity index (χ0v) is 11.1. The lowest BCUT2D eigenvalue weighted by Gasteiger charge is -2.26. The largest absolute Gasteiger partial charge is 0.478 e. The maximum atomic E-state index is 11.1. The number of carbonyl (C=O) groups is 1. The molecule has 0 spiro atoms. The van der Waals surface area contributed by atoms with Crippen molar-refractivity contribution in [2.45, 2.75) is 25.9 Å². The molecule has 5 nitrogen and oxygen atoms in total. The molecule has 1 aromatic rings. The first-order chi connectivity index (χ1) is 9.11. The molecule has 1 unspecified atom stereocenters. The average molecular weight is 264 g/mol. The first kappa shape index (κ1) is 13.7. The van der Waals surface area contributed by atoms with Crippen molar-refractivity contribution in [2.75, 3.05) is 30.3 Å².